The van der Waals surface area contributed by atoms with Crippen LogP contribution in [0.3, 0.4) is 0 Å². The summed E-state index contributed by atoms with van der Waals surface area (Å²) >= 11 is 18.1. The Morgan fingerprint density at radius 3 is 2.27 bits per heavy atom. The molecule has 0 saturated heterocycles. The van der Waals surface area contributed by atoms with E-state index in [0.29, 0.717) is 20.8 Å². The second-order valence-electron chi connectivity index (χ2n) is 7.31. The van der Waals surface area contributed by atoms with Crippen LogP contribution in [0.2, 0.25) is 15.1 Å². The number of hydrogen-bond acceptors (Lipinski definition) is 3. The molecule has 2 amide bonds. The van der Waals surface area contributed by atoms with Gasteiger partial charge < -0.3 is 15.0 Å². The maximum atomic E-state index is 13.0. The Labute approximate surface area is 192 Å². The van der Waals surface area contributed by atoms with E-state index in [-0.39, 0.29) is 31.0 Å². The summed E-state index contributed by atoms with van der Waals surface area (Å²) < 4.78 is 5.65. The molecule has 0 heterocycles. The van der Waals surface area contributed by atoms with Gasteiger partial charge in [-0.25, -0.2) is 0 Å². The largest absolute Gasteiger partial charge is 0.484 e. The first-order valence-corrected chi connectivity index (χ1v) is 10.6. The molecule has 0 aromatic heterocycles. The first kappa shape index (κ1) is 24.3. The zero-order valence-electron chi connectivity index (χ0n) is 17.3. The standard InChI is InChI=1S/C22H25Cl3N2O3/c1-13(2)26-22(29)15(4)27(11-16-5-7-19(24)20(25)10-16)21(28)12-30-17-6-8-18(23)14(3)9-17/h5-10,13,15H,11-12H2,1-4H3,(H,26,29)/t15-/m0/s1. The van der Waals surface area contributed by atoms with Crippen molar-refractivity contribution < 1.29 is 14.3 Å². The summed E-state index contributed by atoms with van der Waals surface area (Å²) in [5, 5.41) is 4.26. The molecular formula is C22H25Cl3N2O3. The highest BCUT2D eigenvalue weighted by molar-refractivity contribution is 6.42. The van der Waals surface area contributed by atoms with Gasteiger partial charge in [-0.05, 0) is 69.2 Å². The van der Waals surface area contributed by atoms with Crippen molar-refractivity contribution in [2.75, 3.05) is 6.61 Å². The van der Waals surface area contributed by atoms with Crippen molar-refractivity contribution in [3.05, 3.63) is 62.6 Å². The fourth-order valence-electron chi connectivity index (χ4n) is 2.76. The number of amides is 2. The average Bonchev–Trinajstić information content (AvgIpc) is 2.68. The molecule has 0 unspecified atom stereocenters. The molecule has 8 heteroatoms. The van der Waals surface area contributed by atoms with Gasteiger partial charge in [0, 0.05) is 17.6 Å². The van der Waals surface area contributed by atoms with Crippen molar-refractivity contribution in [3.8, 4) is 5.75 Å². The van der Waals surface area contributed by atoms with Crippen molar-refractivity contribution in [1.29, 1.82) is 0 Å². The molecule has 0 bridgehead atoms. The summed E-state index contributed by atoms with van der Waals surface area (Å²) in [7, 11) is 0. The summed E-state index contributed by atoms with van der Waals surface area (Å²) in [6.07, 6.45) is 0. The number of halogens is 3. The van der Waals surface area contributed by atoms with Crippen molar-refractivity contribution in [1.82, 2.24) is 10.2 Å². The summed E-state index contributed by atoms with van der Waals surface area (Å²) in [6.45, 7) is 7.22. The smallest absolute Gasteiger partial charge is 0.261 e. The molecule has 0 spiro atoms. The summed E-state index contributed by atoms with van der Waals surface area (Å²) in [5.74, 6) is -0.0557. The lowest BCUT2D eigenvalue weighted by atomic mass is 10.1. The monoisotopic (exact) mass is 470 g/mol. The molecule has 5 nitrogen and oxygen atoms in total. The lowest BCUT2D eigenvalue weighted by Gasteiger charge is -2.29. The molecule has 2 aromatic rings. The van der Waals surface area contributed by atoms with Gasteiger partial charge in [0.05, 0.1) is 10.0 Å². The van der Waals surface area contributed by atoms with Crippen molar-refractivity contribution in [2.45, 2.75) is 46.3 Å². The molecule has 1 N–H and O–H groups in total. The molecule has 162 valence electrons. The van der Waals surface area contributed by atoms with E-state index in [9.17, 15) is 9.59 Å². The summed E-state index contributed by atoms with van der Waals surface area (Å²) in [5.41, 5.74) is 1.60. The van der Waals surface area contributed by atoms with E-state index >= 15 is 0 Å². The van der Waals surface area contributed by atoms with Crippen LogP contribution in [0.4, 0.5) is 0 Å². The minimum absolute atomic E-state index is 0.0461. The SMILES string of the molecule is Cc1cc(OCC(=O)N(Cc2ccc(Cl)c(Cl)c2)[C@@H](C)C(=O)NC(C)C)ccc1Cl. The Morgan fingerprint density at radius 2 is 1.67 bits per heavy atom. The molecule has 0 aliphatic carbocycles. The Bertz CT molecular complexity index is 918. The Morgan fingerprint density at radius 1 is 1.00 bits per heavy atom. The van der Waals surface area contributed by atoms with E-state index in [1.54, 1.807) is 43.3 Å². The van der Waals surface area contributed by atoms with Gasteiger partial charge in [-0.3, -0.25) is 9.59 Å². The van der Waals surface area contributed by atoms with Crippen LogP contribution in [0.15, 0.2) is 36.4 Å². The second kappa shape index (κ2) is 10.9. The highest BCUT2D eigenvalue weighted by Gasteiger charge is 2.27. The molecule has 0 fully saturated rings. The fourth-order valence-corrected chi connectivity index (χ4v) is 3.20. The highest BCUT2D eigenvalue weighted by atomic mass is 35.5. The zero-order valence-corrected chi connectivity index (χ0v) is 19.6. The predicted molar refractivity (Wildman–Crippen MR) is 121 cm³/mol. The van der Waals surface area contributed by atoms with Gasteiger partial charge in [-0.1, -0.05) is 40.9 Å². The van der Waals surface area contributed by atoms with Gasteiger partial charge >= 0.3 is 0 Å². The van der Waals surface area contributed by atoms with Gasteiger partial charge in [0.15, 0.2) is 6.61 Å². The van der Waals surface area contributed by atoms with Crippen LogP contribution in [0, 0.1) is 6.92 Å². The first-order chi connectivity index (χ1) is 14.1. The van der Waals surface area contributed by atoms with E-state index < -0.39 is 6.04 Å². The number of carbonyl (C=O) groups is 2. The summed E-state index contributed by atoms with van der Waals surface area (Å²) in [4.78, 5) is 27.0. The Kier molecular flexibility index (Phi) is 8.83. The molecular weight excluding hydrogens is 447 g/mol. The maximum Gasteiger partial charge on any atom is 0.261 e. The molecule has 2 rings (SSSR count). The van der Waals surface area contributed by atoms with Gasteiger partial charge in [-0.15, -0.1) is 0 Å². The summed E-state index contributed by atoms with van der Waals surface area (Å²) in [6, 6.07) is 9.52. The fraction of sp³-hybridized carbons (Fsp3) is 0.364. The average molecular weight is 472 g/mol. The lowest BCUT2D eigenvalue weighted by Crippen LogP contribution is -2.50. The number of nitrogens with one attached hydrogen (secondary N) is 1. The van der Waals surface area contributed by atoms with Gasteiger partial charge in [-0.2, -0.15) is 0 Å². The Balaban J connectivity index is 2.19. The van der Waals surface area contributed by atoms with Crippen molar-refractivity contribution in [3.63, 3.8) is 0 Å². The third kappa shape index (κ3) is 6.79. The number of benzene rings is 2. The number of ether oxygens (including phenoxy) is 1. The molecule has 0 aliphatic heterocycles. The number of hydrogen-bond donors (Lipinski definition) is 1. The molecule has 0 saturated carbocycles. The van der Waals surface area contributed by atoms with Crippen LogP contribution < -0.4 is 10.1 Å². The van der Waals surface area contributed by atoms with E-state index in [2.05, 4.69) is 5.32 Å². The zero-order chi connectivity index (χ0) is 22.4. The minimum atomic E-state index is -0.704. The van der Waals surface area contributed by atoms with E-state index in [0.717, 1.165) is 11.1 Å². The van der Waals surface area contributed by atoms with Crippen molar-refractivity contribution >= 4 is 46.6 Å². The van der Waals surface area contributed by atoms with Crippen molar-refractivity contribution in [2.24, 2.45) is 0 Å². The minimum Gasteiger partial charge on any atom is -0.484 e. The molecule has 0 aliphatic rings. The third-order valence-electron chi connectivity index (χ3n) is 4.43. The quantitative estimate of drug-likeness (QED) is 0.570. The van der Waals surface area contributed by atoms with Crippen LogP contribution in [-0.2, 0) is 16.1 Å². The van der Waals surface area contributed by atoms with Crippen LogP contribution in [0.5, 0.6) is 5.75 Å². The molecule has 0 radical (unpaired) electrons. The number of aryl methyl sites for hydroxylation is 1. The van der Waals surface area contributed by atoms with Crippen LogP contribution >= 0.6 is 34.8 Å². The van der Waals surface area contributed by atoms with Crippen LogP contribution in [0.25, 0.3) is 0 Å². The van der Waals surface area contributed by atoms with Crippen LogP contribution in [0.1, 0.15) is 31.9 Å². The van der Waals surface area contributed by atoms with Gasteiger partial charge in [0.25, 0.3) is 5.91 Å². The van der Waals surface area contributed by atoms with Crippen LogP contribution in [-0.4, -0.2) is 35.4 Å². The first-order valence-electron chi connectivity index (χ1n) is 9.51. The number of rotatable bonds is 8. The second-order valence-corrected chi connectivity index (χ2v) is 8.53. The highest BCUT2D eigenvalue weighted by Crippen LogP contribution is 2.24. The molecule has 30 heavy (non-hydrogen) atoms. The van der Waals surface area contributed by atoms with Gasteiger partial charge in [0.1, 0.15) is 11.8 Å². The Hall–Kier alpha value is -1.95. The molecule has 2 aromatic carbocycles. The normalized spacial score (nSPS) is 11.9. The third-order valence-corrected chi connectivity index (χ3v) is 5.59. The maximum absolute atomic E-state index is 13.0. The molecule has 1 atom stereocenters. The van der Waals surface area contributed by atoms with E-state index in [1.165, 1.54) is 4.90 Å². The lowest BCUT2D eigenvalue weighted by molar-refractivity contribution is -0.142. The number of nitrogens with zero attached hydrogens (tertiary/aromatic N) is 1. The van der Waals surface area contributed by atoms with E-state index in [1.807, 2.05) is 20.8 Å². The van der Waals surface area contributed by atoms with E-state index in [4.69, 9.17) is 39.5 Å². The van der Waals surface area contributed by atoms with Gasteiger partial charge in [0.2, 0.25) is 5.91 Å². The number of carbonyl (C=O) groups excluding carboxylic acids is 2. The topological polar surface area (TPSA) is 58.6 Å². The predicted octanol–water partition coefficient (Wildman–Crippen LogP) is 5.28.